The molecule has 5 unspecified atom stereocenters. The lowest BCUT2D eigenvalue weighted by molar-refractivity contribution is -0.119. The van der Waals surface area contributed by atoms with Gasteiger partial charge in [-0.2, -0.15) is 0 Å². The molecule has 1 saturated heterocycles. The van der Waals surface area contributed by atoms with E-state index in [0.29, 0.717) is 11.2 Å². The second kappa shape index (κ2) is 10.4. The van der Waals surface area contributed by atoms with E-state index < -0.39 is 37.0 Å². The molecule has 0 aliphatic carbocycles. The number of imidazole rings is 1. The van der Waals surface area contributed by atoms with E-state index in [2.05, 4.69) is 15.0 Å². The highest BCUT2D eigenvalue weighted by Gasteiger charge is 2.54. The molecule has 1 aliphatic heterocycles. The number of fused-ring (bicyclic) bond motifs is 1. The van der Waals surface area contributed by atoms with E-state index in [0.717, 1.165) is 11.8 Å². The Hall–Kier alpha value is -1.44. The van der Waals surface area contributed by atoms with Crippen molar-refractivity contribution >= 4 is 53.7 Å². The molecule has 33 heavy (non-hydrogen) atoms. The lowest BCUT2D eigenvalue weighted by Gasteiger charge is -2.26. The number of aliphatic hydroxyl groups is 2. The molecule has 1 fully saturated rings. The molecule has 3 heterocycles. The molecule has 0 radical (unpaired) electrons. The highest BCUT2D eigenvalue weighted by Crippen LogP contribution is 2.45. The lowest BCUT2D eigenvalue weighted by Crippen LogP contribution is -2.39. The smallest absolute Gasteiger partial charge is 0.395 e. The number of hydrogen-bond donors (Lipinski definition) is 3. The van der Waals surface area contributed by atoms with Gasteiger partial charge in [-0.15, -0.1) is 20.6 Å². The van der Waals surface area contributed by atoms with Crippen LogP contribution in [0.5, 0.6) is 0 Å². The molecule has 5 atom stereocenters. The molecular formula is C18H26ClN5O7PS+. The molecule has 182 valence electrons. The maximum Gasteiger partial charge on any atom is 0.697 e. The first-order valence-corrected chi connectivity index (χ1v) is 12.4. The van der Waals surface area contributed by atoms with Crippen LogP contribution in [0, 0.1) is 5.41 Å². The normalized spacial score (nSPS) is 26.1. The van der Waals surface area contributed by atoms with Crippen molar-refractivity contribution in [3.8, 4) is 0 Å². The molecule has 12 nitrogen and oxygen atoms in total. The van der Waals surface area contributed by atoms with Gasteiger partial charge >= 0.3 is 8.25 Å². The van der Waals surface area contributed by atoms with Crippen molar-refractivity contribution in [3.05, 3.63) is 12.7 Å². The first-order chi connectivity index (χ1) is 15.5. The Kier molecular flexibility index (Phi) is 8.28. The number of nitrogens with zero attached hydrogens (tertiary/aromatic N) is 4. The molecule has 0 amide bonds. The Balaban J connectivity index is 1.53. The van der Waals surface area contributed by atoms with E-state index in [1.54, 1.807) is 25.3 Å². The molecule has 4 N–H and O–H groups in total. The first kappa shape index (κ1) is 26.2. The highest BCUT2D eigenvalue weighted by molar-refractivity contribution is 8.13. The number of carbonyl (C=O) groups is 1. The van der Waals surface area contributed by atoms with Gasteiger partial charge in [-0.25, -0.2) is 15.0 Å². The minimum absolute atomic E-state index is 0.000798. The fraction of sp³-hybridized carbons (Fsp3) is 0.667. The van der Waals surface area contributed by atoms with Crippen LogP contribution in [0.2, 0.25) is 0 Å². The third-order valence-corrected chi connectivity index (χ3v) is 7.51. The lowest BCUT2D eigenvalue weighted by atomic mass is 9.97. The van der Waals surface area contributed by atoms with Crippen molar-refractivity contribution in [2.45, 2.75) is 44.1 Å². The van der Waals surface area contributed by atoms with Gasteiger partial charge in [0, 0.05) is 10.3 Å². The summed E-state index contributed by atoms with van der Waals surface area (Å²) in [4.78, 5) is 22.9. The number of rotatable bonds is 10. The van der Waals surface area contributed by atoms with Crippen molar-refractivity contribution in [2.75, 3.05) is 31.3 Å². The number of thioether (sulfide) groups is 1. The topological polar surface area (TPSA) is 172 Å². The molecule has 15 heteroatoms. The summed E-state index contributed by atoms with van der Waals surface area (Å²) in [5, 5.41) is 19.7. The van der Waals surface area contributed by atoms with Gasteiger partial charge in [-0.3, -0.25) is 9.36 Å². The molecule has 1 aliphatic rings. The number of ether oxygens (including phenoxy) is 1. The van der Waals surface area contributed by atoms with Crippen LogP contribution >= 0.6 is 31.6 Å². The highest BCUT2D eigenvalue weighted by atomic mass is 35.5. The molecule has 0 saturated carbocycles. The van der Waals surface area contributed by atoms with E-state index in [1.165, 1.54) is 12.7 Å². The zero-order chi connectivity index (χ0) is 24.4. The summed E-state index contributed by atoms with van der Waals surface area (Å²) in [6.07, 6.45) is -0.210. The van der Waals surface area contributed by atoms with E-state index in [4.69, 9.17) is 31.1 Å². The van der Waals surface area contributed by atoms with E-state index in [-0.39, 0.29) is 36.5 Å². The number of aliphatic hydroxyl groups excluding tert-OH is 2. The van der Waals surface area contributed by atoms with Crippen LogP contribution in [-0.4, -0.2) is 77.5 Å². The Bertz CT molecular complexity index is 1020. The van der Waals surface area contributed by atoms with Gasteiger partial charge in [0.25, 0.3) is 0 Å². The average molecular weight is 523 g/mol. The molecule has 3 rings (SSSR count). The van der Waals surface area contributed by atoms with Crippen molar-refractivity contribution in [1.29, 1.82) is 0 Å². The second-order valence-electron chi connectivity index (χ2n) is 8.24. The Morgan fingerprint density at radius 1 is 1.42 bits per heavy atom. The predicted octanol–water partition coefficient (Wildman–Crippen LogP) is 1.63. The molecule has 0 aromatic carbocycles. The number of nitrogen functional groups attached to an aromatic ring is 1. The summed E-state index contributed by atoms with van der Waals surface area (Å²) in [6.45, 7) is 4.34. The number of hydrogen-bond acceptors (Lipinski definition) is 12. The monoisotopic (exact) mass is 522 g/mol. The quantitative estimate of drug-likeness (QED) is 0.234. The van der Waals surface area contributed by atoms with Crippen molar-refractivity contribution < 1.29 is 33.4 Å². The van der Waals surface area contributed by atoms with Gasteiger partial charge in [-0.1, -0.05) is 11.8 Å². The van der Waals surface area contributed by atoms with Crippen molar-refractivity contribution in [2.24, 2.45) is 5.41 Å². The Morgan fingerprint density at radius 3 is 2.85 bits per heavy atom. The van der Waals surface area contributed by atoms with Crippen LogP contribution < -0.4 is 5.73 Å². The molecule has 2 aromatic rings. The minimum Gasteiger partial charge on any atom is -0.395 e. The largest absolute Gasteiger partial charge is 0.697 e. The van der Waals surface area contributed by atoms with Gasteiger partial charge in [0.1, 0.15) is 42.1 Å². The van der Waals surface area contributed by atoms with Crippen molar-refractivity contribution in [1.82, 2.24) is 19.5 Å². The molecule has 0 spiro atoms. The summed E-state index contributed by atoms with van der Waals surface area (Å²) in [7, 11) is -2.52. The van der Waals surface area contributed by atoms with Crippen LogP contribution in [0.1, 0.15) is 27.0 Å². The number of anilines is 1. The second-order valence-corrected chi connectivity index (χ2v) is 11.1. The Labute approximate surface area is 200 Å². The number of aromatic nitrogens is 4. The summed E-state index contributed by atoms with van der Waals surface area (Å²) in [5.74, 6) is 0.442. The fourth-order valence-corrected chi connectivity index (χ4v) is 4.88. The van der Waals surface area contributed by atoms with Crippen LogP contribution in [0.25, 0.3) is 11.2 Å². The van der Waals surface area contributed by atoms with Crippen LogP contribution in [-0.2, 0) is 23.1 Å². The third-order valence-electron chi connectivity index (χ3n) is 5.16. The summed E-state index contributed by atoms with van der Waals surface area (Å²) < 4.78 is 29.8. The van der Waals surface area contributed by atoms with E-state index >= 15 is 0 Å². The van der Waals surface area contributed by atoms with Gasteiger partial charge in [0.15, 0.2) is 22.8 Å². The number of carbonyl (C=O) groups excluding carboxylic acids is 1. The van der Waals surface area contributed by atoms with Crippen LogP contribution in [0.4, 0.5) is 5.82 Å². The standard InChI is InChI=1S/C18H26ClN5O7PS/c1-17(2,7-25)16(27)33-5-4-29-32(28)30-6-10-12(26)18(3,19)15(31-10)24-9-23-11-13(20)21-8-22-14(11)24/h8-10,12,15,25-26H,4-7H2,1-3H3,(H2,20,21,22)/q+1. The number of halogens is 1. The zero-order valence-electron chi connectivity index (χ0n) is 18.3. The van der Waals surface area contributed by atoms with E-state index in [9.17, 15) is 19.6 Å². The van der Waals surface area contributed by atoms with E-state index in [1.807, 2.05) is 0 Å². The van der Waals surface area contributed by atoms with Gasteiger partial charge in [-0.05, 0) is 20.8 Å². The van der Waals surface area contributed by atoms with Gasteiger partial charge in [0.2, 0.25) is 0 Å². The fourth-order valence-electron chi connectivity index (χ4n) is 3.07. The molecular weight excluding hydrogens is 497 g/mol. The van der Waals surface area contributed by atoms with Crippen molar-refractivity contribution in [3.63, 3.8) is 0 Å². The molecule has 2 aromatic heterocycles. The number of nitrogens with two attached hydrogens (primary N) is 1. The van der Waals surface area contributed by atoms with Crippen LogP contribution in [0.15, 0.2) is 12.7 Å². The maximum atomic E-state index is 12.0. The number of alkyl halides is 1. The predicted molar refractivity (Wildman–Crippen MR) is 122 cm³/mol. The summed E-state index contributed by atoms with van der Waals surface area (Å²) >= 11 is 7.57. The van der Waals surface area contributed by atoms with Gasteiger partial charge in [0.05, 0.1) is 18.3 Å². The SMILES string of the molecule is CC(C)(CO)C(=O)SCCO[P+](=O)OCC1OC(n2cnc3c(N)ncnc32)C(C)(Cl)C1O. The summed E-state index contributed by atoms with van der Waals surface area (Å²) in [6, 6.07) is 0. The first-order valence-electron chi connectivity index (χ1n) is 9.95. The average Bonchev–Trinajstić information content (AvgIpc) is 3.29. The van der Waals surface area contributed by atoms with Crippen LogP contribution in [0.3, 0.4) is 0 Å². The Morgan fingerprint density at radius 2 is 2.15 bits per heavy atom. The zero-order valence-corrected chi connectivity index (χ0v) is 20.7. The third kappa shape index (κ3) is 5.63. The minimum atomic E-state index is -2.52. The maximum absolute atomic E-state index is 12.0. The molecule has 0 bridgehead atoms. The van der Waals surface area contributed by atoms with Gasteiger partial charge < -0.3 is 20.7 Å². The summed E-state index contributed by atoms with van der Waals surface area (Å²) in [5.41, 5.74) is 5.72.